The number of likely N-dealkylation sites (tertiary alicyclic amines) is 1. The Bertz CT molecular complexity index is 924. The third-order valence-corrected chi connectivity index (χ3v) is 7.03. The molecule has 0 spiro atoms. The summed E-state index contributed by atoms with van der Waals surface area (Å²) in [6.45, 7) is 6.47. The van der Waals surface area contributed by atoms with E-state index in [-0.39, 0.29) is 11.7 Å². The van der Waals surface area contributed by atoms with Gasteiger partial charge in [0.2, 0.25) is 0 Å². The summed E-state index contributed by atoms with van der Waals surface area (Å²) in [5.41, 5.74) is -0.0241. The molecule has 2 fully saturated rings. The van der Waals surface area contributed by atoms with Crippen molar-refractivity contribution in [2.45, 2.75) is 57.5 Å². The van der Waals surface area contributed by atoms with E-state index >= 15 is 0 Å². The van der Waals surface area contributed by atoms with Gasteiger partial charge in [0.25, 0.3) is 0 Å². The Morgan fingerprint density at radius 3 is 2.26 bits per heavy atom. The molecule has 34 heavy (non-hydrogen) atoms. The highest BCUT2D eigenvalue weighted by molar-refractivity contribution is 6.30. The second-order valence-corrected chi connectivity index (χ2v) is 9.38. The number of carbonyl (C=O) groups is 1. The van der Waals surface area contributed by atoms with Crippen LogP contribution in [0.3, 0.4) is 0 Å². The number of hydrogen-bond acceptors (Lipinski definition) is 3. The van der Waals surface area contributed by atoms with Gasteiger partial charge in [-0.25, -0.2) is 0 Å². The minimum atomic E-state index is -4.35. The lowest BCUT2D eigenvalue weighted by molar-refractivity contribution is -0.137. The lowest BCUT2D eigenvalue weighted by atomic mass is 9.62. The number of benzene rings is 2. The molecule has 186 valence electrons. The van der Waals surface area contributed by atoms with E-state index in [9.17, 15) is 18.0 Å². The molecule has 1 unspecified atom stereocenters. The van der Waals surface area contributed by atoms with Crippen LogP contribution in [0.5, 0.6) is 5.75 Å². The average Bonchev–Trinajstić information content (AvgIpc) is 2.79. The summed E-state index contributed by atoms with van der Waals surface area (Å²) in [5, 5.41) is 0.669. The third-order valence-electron chi connectivity index (χ3n) is 6.78. The number of halogens is 4. The lowest BCUT2D eigenvalue weighted by Crippen LogP contribution is -2.49. The molecule has 1 aliphatic carbocycles. The van der Waals surface area contributed by atoms with Gasteiger partial charge < -0.3 is 4.74 Å². The normalized spacial score (nSPS) is 20.0. The number of rotatable bonds is 7. The zero-order valence-electron chi connectivity index (χ0n) is 19.8. The number of ether oxygens (including phenoxy) is 1. The first-order chi connectivity index (χ1) is 16.3. The summed E-state index contributed by atoms with van der Waals surface area (Å²) in [6.07, 6.45) is 0.413. The van der Waals surface area contributed by atoms with Crippen molar-refractivity contribution in [1.82, 2.24) is 4.90 Å². The quantitative estimate of drug-likeness (QED) is 0.408. The molecule has 0 radical (unpaired) electrons. The molecule has 1 atom stereocenters. The van der Waals surface area contributed by atoms with Gasteiger partial charge in [-0.1, -0.05) is 44.0 Å². The Labute approximate surface area is 205 Å². The molecule has 0 aromatic heterocycles. The molecule has 2 aromatic rings. The van der Waals surface area contributed by atoms with Gasteiger partial charge >= 0.3 is 6.18 Å². The number of carbonyl (C=O) groups excluding carboxylic acids is 1. The van der Waals surface area contributed by atoms with Crippen LogP contribution in [0.2, 0.25) is 5.02 Å². The highest BCUT2D eigenvalue weighted by Gasteiger charge is 2.45. The predicted molar refractivity (Wildman–Crippen MR) is 129 cm³/mol. The van der Waals surface area contributed by atoms with Gasteiger partial charge in [0, 0.05) is 17.5 Å². The lowest BCUT2D eigenvalue weighted by Gasteiger charge is -2.43. The zero-order valence-corrected chi connectivity index (χ0v) is 20.6. The minimum absolute atomic E-state index is 0.242. The SMILES string of the molecule is CC.O=C(CN1CCCC(COc2ccc(C(F)(F)F)cc2)C1)C1(c2ccc(Cl)cc2)CCC1. The maximum absolute atomic E-state index is 13.3. The third kappa shape index (κ3) is 6.33. The molecule has 4 rings (SSSR count). The first kappa shape index (κ1) is 26.6. The van der Waals surface area contributed by atoms with Crippen molar-refractivity contribution in [1.29, 1.82) is 0 Å². The fourth-order valence-electron chi connectivity index (χ4n) is 4.77. The summed E-state index contributed by atoms with van der Waals surface area (Å²) in [4.78, 5) is 15.5. The Morgan fingerprint density at radius 2 is 1.71 bits per heavy atom. The standard InChI is InChI=1S/C25H27ClF3NO2.C2H6/c26-21-8-4-19(5-9-21)24(12-2-13-24)23(31)16-30-14-1-3-18(15-30)17-32-22-10-6-20(7-11-22)25(27,28)29;1-2/h4-11,18H,1-3,12-17H2;1-2H3. The molecule has 2 aromatic carbocycles. The molecule has 1 saturated heterocycles. The van der Waals surface area contributed by atoms with Crippen LogP contribution in [0, 0.1) is 5.92 Å². The van der Waals surface area contributed by atoms with Crippen LogP contribution in [0.15, 0.2) is 48.5 Å². The summed E-state index contributed by atoms with van der Waals surface area (Å²) >= 11 is 6.02. The van der Waals surface area contributed by atoms with Crippen LogP contribution < -0.4 is 4.74 Å². The van der Waals surface area contributed by atoms with Gasteiger partial charge in [-0.2, -0.15) is 13.2 Å². The fraction of sp³-hybridized carbons (Fsp3) is 0.519. The zero-order chi connectivity index (χ0) is 24.8. The van der Waals surface area contributed by atoms with E-state index in [1.54, 1.807) is 0 Å². The Hall–Kier alpha value is -2.05. The van der Waals surface area contributed by atoms with Crippen molar-refractivity contribution in [2.75, 3.05) is 26.2 Å². The number of ketones is 1. The number of piperidine rings is 1. The van der Waals surface area contributed by atoms with Crippen LogP contribution in [-0.2, 0) is 16.4 Å². The fourth-order valence-corrected chi connectivity index (χ4v) is 4.89. The monoisotopic (exact) mass is 495 g/mol. The largest absolute Gasteiger partial charge is 0.493 e. The highest BCUT2D eigenvalue weighted by Crippen LogP contribution is 2.45. The highest BCUT2D eigenvalue weighted by atomic mass is 35.5. The number of nitrogens with zero attached hydrogens (tertiary/aromatic N) is 1. The molecule has 0 bridgehead atoms. The van der Waals surface area contributed by atoms with Crippen molar-refractivity contribution in [3.8, 4) is 5.75 Å². The van der Waals surface area contributed by atoms with E-state index in [2.05, 4.69) is 4.90 Å². The predicted octanol–water partition coefficient (Wildman–Crippen LogP) is 7.17. The maximum atomic E-state index is 13.3. The van der Waals surface area contributed by atoms with E-state index in [1.165, 1.54) is 12.1 Å². The van der Waals surface area contributed by atoms with Gasteiger partial charge in [0.1, 0.15) is 5.75 Å². The molecule has 7 heteroatoms. The molecule has 2 aliphatic rings. The summed E-state index contributed by atoms with van der Waals surface area (Å²) in [7, 11) is 0. The molecular formula is C27H33ClF3NO2. The number of alkyl halides is 3. The number of Topliss-reactive ketones (excluding diaryl/α,β-unsaturated/α-hetero) is 1. The summed E-state index contributed by atoms with van der Waals surface area (Å²) in [5.74, 6) is 0.935. The van der Waals surface area contributed by atoms with Gasteiger partial charge in [0.05, 0.1) is 24.1 Å². The van der Waals surface area contributed by atoms with Crippen LogP contribution in [0.25, 0.3) is 0 Å². The van der Waals surface area contributed by atoms with E-state index < -0.39 is 17.2 Å². The molecule has 0 amide bonds. The summed E-state index contributed by atoms with van der Waals surface area (Å²) < 4.78 is 43.9. The van der Waals surface area contributed by atoms with Crippen LogP contribution >= 0.6 is 11.6 Å². The second-order valence-electron chi connectivity index (χ2n) is 8.94. The van der Waals surface area contributed by atoms with Gasteiger partial charge in [-0.3, -0.25) is 9.69 Å². The molecule has 1 saturated carbocycles. The first-order valence-electron chi connectivity index (χ1n) is 12.1. The molecular weight excluding hydrogens is 463 g/mol. The van der Waals surface area contributed by atoms with Crippen LogP contribution in [0.1, 0.15) is 57.1 Å². The summed E-state index contributed by atoms with van der Waals surface area (Å²) in [6, 6.07) is 12.4. The van der Waals surface area contributed by atoms with E-state index in [0.29, 0.717) is 23.9 Å². The van der Waals surface area contributed by atoms with Crippen LogP contribution in [-0.4, -0.2) is 36.9 Å². The van der Waals surface area contributed by atoms with Gasteiger partial charge in [-0.15, -0.1) is 0 Å². The van der Waals surface area contributed by atoms with E-state index in [0.717, 1.165) is 62.9 Å². The smallest absolute Gasteiger partial charge is 0.416 e. The Morgan fingerprint density at radius 1 is 1.06 bits per heavy atom. The Balaban J connectivity index is 0.00000158. The van der Waals surface area contributed by atoms with E-state index in [1.807, 2.05) is 38.1 Å². The van der Waals surface area contributed by atoms with Crippen molar-refractivity contribution in [3.05, 3.63) is 64.7 Å². The van der Waals surface area contributed by atoms with Crippen molar-refractivity contribution in [2.24, 2.45) is 5.92 Å². The van der Waals surface area contributed by atoms with E-state index in [4.69, 9.17) is 16.3 Å². The van der Waals surface area contributed by atoms with Crippen molar-refractivity contribution >= 4 is 17.4 Å². The van der Waals surface area contributed by atoms with Gasteiger partial charge in [0.15, 0.2) is 5.78 Å². The molecule has 0 N–H and O–H groups in total. The molecule has 3 nitrogen and oxygen atoms in total. The van der Waals surface area contributed by atoms with Crippen LogP contribution in [0.4, 0.5) is 13.2 Å². The average molecular weight is 496 g/mol. The first-order valence-corrected chi connectivity index (χ1v) is 12.5. The topological polar surface area (TPSA) is 29.5 Å². The Kier molecular flexibility index (Phi) is 9.05. The van der Waals surface area contributed by atoms with Crippen molar-refractivity contribution < 1.29 is 22.7 Å². The number of hydrogen-bond donors (Lipinski definition) is 0. The molecule has 1 heterocycles. The maximum Gasteiger partial charge on any atom is 0.416 e. The minimum Gasteiger partial charge on any atom is -0.493 e. The second kappa shape index (κ2) is 11.6. The van der Waals surface area contributed by atoms with Crippen molar-refractivity contribution in [3.63, 3.8) is 0 Å². The van der Waals surface area contributed by atoms with Gasteiger partial charge in [-0.05, 0) is 74.2 Å². The molecule has 1 aliphatic heterocycles.